The number of Topliss-reactive ketones (excluding diaryl/α,β-unsaturated/α-hetero) is 1. The van der Waals surface area contributed by atoms with E-state index < -0.39 is 0 Å². The van der Waals surface area contributed by atoms with Gasteiger partial charge in [-0.15, -0.1) is 0 Å². The number of nitrogens with zero attached hydrogens (tertiary/aromatic N) is 1. The number of hydrogen-bond acceptors (Lipinski definition) is 2. The molecule has 1 rings (SSSR count). The minimum atomic E-state index is 0.188. The van der Waals surface area contributed by atoms with Crippen molar-refractivity contribution in [3.63, 3.8) is 0 Å². The van der Waals surface area contributed by atoms with Gasteiger partial charge < -0.3 is 0 Å². The minimum Gasteiger partial charge on any atom is -0.299 e. The Morgan fingerprint density at radius 2 is 2.33 bits per heavy atom. The third-order valence-electron chi connectivity index (χ3n) is 2.68. The molecule has 0 spiro atoms. The zero-order valence-corrected chi connectivity index (χ0v) is 7.55. The number of carbonyl (C=O) groups excluding carboxylic acids is 1. The third-order valence-corrected chi connectivity index (χ3v) is 2.68. The van der Waals surface area contributed by atoms with Crippen molar-refractivity contribution in [2.75, 3.05) is 0 Å². The molecule has 0 amide bonds. The summed E-state index contributed by atoms with van der Waals surface area (Å²) in [5, 5.41) is 8.39. The Morgan fingerprint density at radius 1 is 1.58 bits per heavy atom. The summed E-state index contributed by atoms with van der Waals surface area (Å²) < 4.78 is 0. The fraction of sp³-hybridized carbons (Fsp3) is 0.800. The van der Waals surface area contributed by atoms with Gasteiger partial charge in [0.2, 0.25) is 0 Å². The van der Waals surface area contributed by atoms with Gasteiger partial charge in [0.1, 0.15) is 5.78 Å². The average Bonchev–Trinajstić information content (AvgIpc) is 2.08. The van der Waals surface area contributed by atoms with Crippen molar-refractivity contribution in [3.05, 3.63) is 0 Å². The summed E-state index contributed by atoms with van der Waals surface area (Å²) in [7, 11) is 0. The summed E-state index contributed by atoms with van der Waals surface area (Å²) in [6.45, 7) is 2.00. The van der Waals surface area contributed by atoms with E-state index in [2.05, 4.69) is 6.07 Å². The third kappa shape index (κ3) is 2.07. The fourth-order valence-corrected chi connectivity index (χ4v) is 1.88. The van der Waals surface area contributed by atoms with Gasteiger partial charge in [-0.1, -0.05) is 13.3 Å². The molecule has 0 radical (unpaired) electrons. The lowest BCUT2D eigenvalue weighted by Gasteiger charge is -2.24. The normalized spacial score (nSPS) is 29.8. The van der Waals surface area contributed by atoms with Crippen LogP contribution in [0.25, 0.3) is 0 Å². The van der Waals surface area contributed by atoms with Gasteiger partial charge >= 0.3 is 0 Å². The zero-order valence-electron chi connectivity index (χ0n) is 7.55. The predicted octanol–water partition coefficient (Wildman–Crippen LogP) is 2.30. The van der Waals surface area contributed by atoms with E-state index in [-0.39, 0.29) is 11.8 Å². The van der Waals surface area contributed by atoms with Crippen LogP contribution in [0.1, 0.15) is 39.0 Å². The molecule has 0 aromatic heterocycles. The Bertz CT molecular complexity index is 204. The van der Waals surface area contributed by atoms with Crippen molar-refractivity contribution in [3.8, 4) is 6.07 Å². The smallest absolute Gasteiger partial charge is 0.138 e. The maximum atomic E-state index is 11.5. The van der Waals surface area contributed by atoms with Crippen molar-refractivity contribution >= 4 is 5.78 Å². The molecule has 2 heteroatoms. The van der Waals surface area contributed by atoms with Crippen LogP contribution in [0.15, 0.2) is 0 Å². The molecule has 0 aromatic rings. The Balaban J connectivity index is 2.42. The Morgan fingerprint density at radius 3 is 3.00 bits per heavy atom. The van der Waals surface area contributed by atoms with Crippen LogP contribution in [-0.4, -0.2) is 5.78 Å². The fourth-order valence-electron chi connectivity index (χ4n) is 1.88. The monoisotopic (exact) mass is 165 g/mol. The summed E-state index contributed by atoms with van der Waals surface area (Å²) in [6.07, 6.45) is 4.51. The van der Waals surface area contributed by atoms with E-state index in [4.69, 9.17) is 5.26 Å². The number of rotatable bonds is 2. The van der Waals surface area contributed by atoms with Gasteiger partial charge in [-0.2, -0.15) is 5.26 Å². The summed E-state index contributed by atoms with van der Waals surface area (Å²) >= 11 is 0. The molecule has 12 heavy (non-hydrogen) atoms. The van der Waals surface area contributed by atoms with Crippen LogP contribution in [0.5, 0.6) is 0 Å². The van der Waals surface area contributed by atoms with Crippen LogP contribution >= 0.6 is 0 Å². The number of nitriles is 1. The lowest BCUT2D eigenvalue weighted by atomic mass is 9.79. The van der Waals surface area contributed by atoms with Crippen molar-refractivity contribution in [1.82, 2.24) is 0 Å². The molecule has 0 aromatic carbocycles. The first-order valence-electron chi connectivity index (χ1n) is 4.66. The number of ketones is 1. The molecule has 0 saturated heterocycles. The molecule has 0 heterocycles. The van der Waals surface area contributed by atoms with E-state index in [1.165, 1.54) is 0 Å². The topological polar surface area (TPSA) is 40.9 Å². The van der Waals surface area contributed by atoms with Crippen molar-refractivity contribution in [2.45, 2.75) is 39.0 Å². The van der Waals surface area contributed by atoms with E-state index in [1.54, 1.807) is 0 Å². The predicted molar refractivity (Wildman–Crippen MR) is 46.4 cm³/mol. The largest absolute Gasteiger partial charge is 0.299 e. The van der Waals surface area contributed by atoms with Crippen molar-refractivity contribution in [1.29, 1.82) is 5.26 Å². The molecule has 0 unspecified atom stereocenters. The van der Waals surface area contributed by atoms with Crippen LogP contribution in [0.2, 0.25) is 0 Å². The molecule has 66 valence electrons. The lowest BCUT2D eigenvalue weighted by Crippen LogP contribution is -2.26. The number of carbonyl (C=O) groups is 1. The first kappa shape index (κ1) is 9.25. The Labute approximate surface area is 73.6 Å². The van der Waals surface area contributed by atoms with Gasteiger partial charge in [0.05, 0.1) is 6.07 Å². The highest BCUT2D eigenvalue weighted by molar-refractivity contribution is 5.83. The highest BCUT2D eigenvalue weighted by Crippen LogP contribution is 2.28. The highest BCUT2D eigenvalue weighted by atomic mass is 16.1. The van der Waals surface area contributed by atoms with Crippen LogP contribution in [0, 0.1) is 23.2 Å². The quantitative estimate of drug-likeness (QED) is 0.630. The molecular weight excluding hydrogens is 150 g/mol. The molecule has 0 N–H and O–H groups in total. The highest BCUT2D eigenvalue weighted by Gasteiger charge is 2.27. The van der Waals surface area contributed by atoms with Gasteiger partial charge in [-0.3, -0.25) is 4.79 Å². The molecule has 2 atom stereocenters. The van der Waals surface area contributed by atoms with Gasteiger partial charge in [0.15, 0.2) is 0 Å². The van der Waals surface area contributed by atoms with Crippen LogP contribution in [0.3, 0.4) is 0 Å². The Hall–Kier alpha value is -0.840. The zero-order chi connectivity index (χ0) is 8.97. The molecule has 1 aliphatic carbocycles. The standard InChI is InChI=1S/C10H15NO/c1-8-4-2-5-9(10(8)12)6-3-7-11/h8-9H,2-6H2,1H3/t8-,9+/m1/s1. The second-order valence-electron chi connectivity index (χ2n) is 3.63. The van der Waals surface area contributed by atoms with E-state index in [9.17, 15) is 4.79 Å². The van der Waals surface area contributed by atoms with Gasteiger partial charge in [-0.05, 0) is 19.3 Å². The maximum Gasteiger partial charge on any atom is 0.138 e. The molecule has 1 aliphatic rings. The molecular formula is C10H15NO. The second-order valence-corrected chi connectivity index (χ2v) is 3.63. The molecule has 0 aliphatic heterocycles. The molecule has 1 saturated carbocycles. The Kier molecular flexibility index (Phi) is 3.28. The van der Waals surface area contributed by atoms with Crippen molar-refractivity contribution < 1.29 is 4.79 Å². The van der Waals surface area contributed by atoms with Crippen molar-refractivity contribution in [2.24, 2.45) is 11.8 Å². The van der Waals surface area contributed by atoms with E-state index in [1.807, 2.05) is 6.92 Å². The molecule has 2 nitrogen and oxygen atoms in total. The summed E-state index contributed by atoms with van der Waals surface area (Å²) in [4.78, 5) is 11.5. The van der Waals surface area contributed by atoms with E-state index in [0.717, 1.165) is 25.7 Å². The van der Waals surface area contributed by atoms with Crippen LogP contribution in [-0.2, 0) is 4.79 Å². The SMILES string of the molecule is C[C@@H]1CCC[C@@H](CCC#N)C1=O. The van der Waals surface area contributed by atoms with Gasteiger partial charge in [0, 0.05) is 18.3 Å². The molecule has 1 fully saturated rings. The van der Waals surface area contributed by atoms with E-state index >= 15 is 0 Å². The summed E-state index contributed by atoms with van der Waals surface area (Å²) in [5.41, 5.74) is 0. The first-order chi connectivity index (χ1) is 5.75. The minimum absolute atomic E-state index is 0.188. The number of hydrogen-bond donors (Lipinski definition) is 0. The first-order valence-corrected chi connectivity index (χ1v) is 4.66. The van der Waals surface area contributed by atoms with Gasteiger partial charge in [0.25, 0.3) is 0 Å². The van der Waals surface area contributed by atoms with Gasteiger partial charge in [-0.25, -0.2) is 0 Å². The van der Waals surface area contributed by atoms with Crippen LogP contribution < -0.4 is 0 Å². The second kappa shape index (κ2) is 4.25. The lowest BCUT2D eigenvalue weighted by molar-refractivity contribution is -0.128. The summed E-state index contributed by atoms with van der Waals surface area (Å²) in [5.74, 6) is 0.812. The molecule has 0 bridgehead atoms. The average molecular weight is 165 g/mol. The van der Waals surface area contributed by atoms with E-state index in [0.29, 0.717) is 12.2 Å². The summed E-state index contributed by atoms with van der Waals surface area (Å²) in [6, 6.07) is 2.10. The van der Waals surface area contributed by atoms with Crippen LogP contribution in [0.4, 0.5) is 0 Å². The maximum absolute atomic E-state index is 11.5.